The minimum absolute atomic E-state index is 0.0270. The Morgan fingerprint density at radius 2 is 2.03 bits per heavy atom. The first-order chi connectivity index (χ1) is 14.0. The number of nitrogens with one attached hydrogen (secondary N) is 2. The lowest BCUT2D eigenvalue weighted by Gasteiger charge is -2.37. The molecule has 0 saturated heterocycles. The van der Waals surface area contributed by atoms with Crippen LogP contribution in [0.5, 0.6) is 11.5 Å². The van der Waals surface area contributed by atoms with Crippen molar-refractivity contribution in [3.05, 3.63) is 59.4 Å². The maximum absolute atomic E-state index is 13.3. The number of benzene rings is 2. The van der Waals surface area contributed by atoms with Crippen molar-refractivity contribution in [3.8, 4) is 11.5 Å². The predicted octanol–water partition coefficient (Wildman–Crippen LogP) is 3.30. The number of nitrogens with zero attached hydrogens (tertiary/aromatic N) is 3. The lowest BCUT2D eigenvalue weighted by Crippen LogP contribution is -2.46. The molecule has 3 N–H and O–H groups in total. The average molecular weight is 414 g/mol. The Hall–Kier alpha value is -3.26. The summed E-state index contributed by atoms with van der Waals surface area (Å²) in [6.45, 7) is 1.93. The molecule has 0 bridgehead atoms. The summed E-state index contributed by atoms with van der Waals surface area (Å²) in [5.74, 6) is 0.246. The summed E-state index contributed by atoms with van der Waals surface area (Å²) >= 11 is 5.93. The predicted molar refractivity (Wildman–Crippen MR) is 109 cm³/mol. The fraction of sp³-hybridized carbons (Fsp3) is 0.250. The van der Waals surface area contributed by atoms with Crippen LogP contribution in [0, 0.1) is 5.92 Å². The third-order valence-electron chi connectivity index (χ3n) is 5.03. The molecule has 0 spiro atoms. The van der Waals surface area contributed by atoms with Crippen molar-refractivity contribution in [1.82, 2.24) is 14.8 Å². The molecule has 1 aliphatic rings. The van der Waals surface area contributed by atoms with Crippen LogP contribution in [-0.4, -0.2) is 38.9 Å². The Kier molecular flexibility index (Phi) is 5.02. The van der Waals surface area contributed by atoms with E-state index in [0.717, 1.165) is 5.56 Å². The van der Waals surface area contributed by atoms with E-state index in [2.05, 4.69) is 20.7 Å². The third kappa shape index (κ3) is 3.58. The number of hydrogen-bond donors (Lipinski definition) is 3. The van der Waals surface area contributed by atoms with Crippen molar-refractivity contribution in [2.45, 2.75) is 19.0 Å². The van der Waals surface area contributed by atoms with Crippen LogP contribution in [-0.2, 0) is 4.79 Å². The van der Waals surface area contributed by atoms with Gasteiger partial charge in [0.2, 0.25) is 11.9 Å². The SMILES string of the molecule is COc1cc([C@@H]2[C@@H](C(=O)Nc3ccc(Cl)cc3)[C@H](C)Nc3ncnn32)ccc1O. The second-order valence-electron chi connectivity index (χ2n) is 6.86. The number of carbonyl (C=O) groups excluding carboxylic acids is 1. The number of hydrogen-bond acceptors (Lipinski definition) is 6. The number of fused-ring (bicyclic) bond motifs is 1. The number of carbonyl (C=O) groups is 1. The zero-order valence-electron chi connectivity index (χ0n) is 15.8. The highest BCUT2D eigenvalue weighted by Crippen LogP contribution is 2.39. The molecule has 3 aromatic rings. The summed E-state index contributed by atoms with van der Waals surface area (Å²) < 4.78 is 6.93. The lowest BCUT2D eigenvalue weighted by molar-refractivity contribution is -0.121. The monoisotopic (exact) mass is 413 g/mol. The highest BCUT2D eigenvalue weighted by molar-refractivity contribution is 6.30. The van der Waals surface area contributed by atoms with Crippen LogP contribution in [0.15, 0.2) is 48.8 Å². The van der Waals surface area contributed by atoms with Gasteiger partial charge in [-0.1, -0.05) is 17.7 Å². The van der Waals surface area contributed by atoms with Gasteiger partial charge < -0.3 is 20.5 Å². The van der Waals surface area contributed by atoms with E-state index < -0.39 is 12.0 Å². The Bertz CT molecular complexity index is 1040. The van der Waals surface area contributed by atoms with E-state index in [9.17, 15) is 9.90 Å². The summed E-state index contributed by atoms with van der Waals surface area (Å²) in [5.41, 5.74) is 1.43. The van der Waals surface area contributed by atoms with Crippen molar-refractivity contribution in [3.63, 3.8) is 0 Å². The molecule has 1 aliphatic heterocycles. The summed E-state index contributed by atoms with van der Waals surface area (Å²) in [7, 11) is 1.48. The van der Waals surface area contributed by atoms with E-state index in [0.29, 0.717) is 22.4 Å². The number of amides is 1. The highest BCUT2D eigenvalue weighted by atomic mass is 35.5. The molecule has 0 unspecified atom stereocenters. The molecule has 29 heavy (non-hydrogen) atoms. The molecular weight excluding hydrogens is 394 g/mol. The Labute approximate surface area is 172 Å². The van der Waals surface area contributed by atoms with E-state index in [4.69, 9.17) is 16.3 Å². The number of rotatable bonds is 4. The first kappa shape index (κ1) is 19.1. The van der Waals surface area contributed by atoms with Crippen molar-refractivity contribution in [2.75, 3.05) is 17.7 Å². The van der Waals surface area contributed by atoms with Gasteiger partial charge in [0.1, 0.15) is 6.33 Å². The molecule has 3 atom stereocenters. The van der Waals surface area contributed by atoms with E-state index in [1.54, 1.807) is 47.1 Å². The van der Waals surface area contributed by atoms with Crippen molar-refractivity contribution in [1.29, 1.82) is 0 Å². The van der Waals surface area contributed by atoms with Gasteiger partial charge in [0.05, 0.1) is 19.1 Å². The molecule has 2 aromatic carbocycles. The molecule has 0 saturated carbocycles. The molecule has 2 heterocycles. The number of aromatic nitrogens is 3. The van der Waals surface area contributed by atoms with Crippen LogP contribution in [0.4, 0.5) is 11.6 Å². The van der Waals surface area contributed by atoms with Crippen molar-refractivity contribution in [2.24, 2.45) is 5.92 Å². The Morgan fingerprint density at radius 1 is 1.28 bits per heavy atom. The molecule has 150 valence electrons. The van der Waals surface area contributed by atoms with Crippen LogP contribution >= 0.6 is 11.6 Å². The number of halogens is 1. The van der Waals surface area contributed by atoms with Gasteiger partial charge in [0.15, 0.2) is 11.5 Å². The standard InChI is InChI=1S/C20H20ClN5O3/c1-11-17(19(28)25-14-6-4-13(21)5-7-14)18(26-20(24-11)22-10-23-26)12-3-8-15(27)16(9-12)29-2/h3-11,17-18,27H,1-2H3,(H,25,28)(H,22,23,24)/t11-,17-,18+/m0/s1. The number of methoxy groups -OCH3 is 1. The van der Waals surface area contributed by atoms with Crippen LogP contribution < -0.4 is 15.4 Å². The van der Waals surface area contributed by atoms with Crippen molar-refractivity contribution >= 4 is 29.1 Å². The Morgan fingerprint density at radius 3 is 2.76 bits per heavy atom. The van der Waals surface area contributed by atoms with Gasteiger partial charge in [-0.3, -0.25) is 4.79 Å². The van der Waals surface area contributed by atoms with Gasteiger partial charge in [-0.05, 0) is 48.9 Å². The van der Waals surface area contributed by atoms with Gasteiger partial charge in [-0.2, -0.15) is 10.1 Å². The first-order valence-corrected chi connectivity index (χ1v) is 9.45. The van der Waals surface area contributed by atoms with Crippen LogP contribution in [0.3, 0.4) is 0 Å². The molecule has 1 amide bonds. The average Bonchev–Trinajstić information content (AvgIpc) is 3.17. The lowest BCUT2D eigenvalue weighted by atomic mass is 9.85. The number of phenolic OH excluding ortho intramolecular Hbond substituents is 1. The van der Waals surface area contributed by atoms with Crippen LogP contribution in [0.1, 0.15) is 18.5 Å². The van der Waals surface area contributed by atoms with Gasteiger partial charge in [0, 0.05) is 16.8 Å². The number of anilines is 2. The fourth-order valence-corrected chi connectivity index (χ4v) is 3.76. The number of aromatic hydroxyl groups is 1. The normalized spacial score (nSPS) is 20.4. The summed E-state index contributed by atoms with van der Waals surface area (Å²) in [4.78, 5) is 17.5. The van der Waals surface area contributed by atoms with E-state index in [-0.39, 0.29) is 17.7 Å². The second-order valence-corrected chi connectivity index (χ2v) is 7.30. The van der Waals surface area contributed by atoms with E-state index >= 15 is 0 Å². The molecule has 4 rings (SSSR count). The highest BCUT2D eigenvalue weighted by Gasteiger charge is 2.41. The third-order valence-corrected chi connectivity index (χ3v) is 5.28. The Balaban J connectivity index is 1.74. The summed E-state index contributed by atoms with van der Waals surface area (Å²) in [6.07, 6.45) is 1.44. The molecule has 8 nitrogen and oxygen atoms in total. The minimum atomic E-state index is -0.505. The minimum Gasteiger partial charge on any atom is -0.504 e. The number of ether oxygens (including phenoxy) is 1. The van der Waals surface area contributed by atoms with Gasteiger partial charge in [-0.15, -0.1) is 0 Å². The number of phenols is 1. The molecule has 0 radical (unpaired) electrons. The molecule has 9 heteroatoms. The smallest absolute Gasteiger partial charge is 0.232 e. The van der Waals surface area contributed by atoms with Gasteiger partial charge in [0.25, 0.3) is 0 Å². The molecule has 0 aliphatic carbocycles. The zero-order valence-corrected chi connectivity index (χ0v) is 16.6. The summed E-state index contributed by atoms with van der Waals surface area (Å²) in [5, 5.41) is 21.1. The van der Waals surface area contributed by atoms with Crippen molar-refractivity contribution < 1.29 is 14.6 Å². The topological polar surface area (TPSA) is 101 Å². The maximum Gasteiger partial charge on any atom is 0.232 e. The van der Waals surface area contributed by atoms with Crippen LogP contribution in [0.2, 0.25) is 5.02 Å². The maximum atomic E-state index is 13.3. The van der Waals surface area contributed by atoms with E-state index in [1.807, 2.05) is 6.92 Å². The molecular formula is C20H20ClN5O3. The summed E-state index contributed by atoms with van der Waals surface area (Å²) in [6, 6.07) is 11.3. The molecule has 1 aromatic heterocycles. The largest absolute Gasteiger partial charge is 0.504 e. The first-order valence-electron chi connectivity index (χ1n) is 9.07. The van der Waals surface area contributed by atoms with E-state index in [1.165, 1.54) is 13.4 Å². The van der Waals surface area contributed by atoms with Gasteiger partial charge in [-0.25, -0.2) is 4.68 Å². The molecule has 0 fully saturated rings. The quantitative estimate of drug-likeness (QED) is 0.606. The fourth-order valence-electron chi connectivity index (χ4n) is 3.63. The zero-order chi connectivity index (χ0) is 20.5. The van der Waals surface area contributed by atoms with Crippen LogP contribution in [0.25, 0.3) is 0 Å². The second kappa shape index (κ2) is 7.63. The van der Waals surface area contributed by atoms with Gasteiger partial charge >= 0.3 is 0 Å².